The van der Waals surface area contributed by atoms with Gasteiger partial charge in [-0.25, -0.2) is 0 Å². The zero-order chi connectivity index (χ0) is 15.3. The van der Waals surface area contributed by atoms with Crippen LogP contribution in [0.3, 0.4) is 0 Å². The molecule has 1 aliphatic heterocycles. The lowest BCUT2D eigenvalue weighted by Gasteiger charge is -2.42. The number of esters is 1. The van der Waals surface area contributed by atoms with Gasteiger partial charge in [0.2, 0.25) is 0 Å². The van der Waals surface area contributed by atoms with E-state index in [0.717, 1.165) is 6.42 Å². The van der Waals surface area contributed by atoms with Gasteiger partial charge in [0.05, 0.1) is 19.8 Å². The van der Waals surface area contributed by atoms with Crippen LogP contribution in [0.4, 0.5) is 0 Å². The summed E-state index contributed by atoms with van der Waals surface area (Å²) in [6.45, 7) is 7.61. The molecule has 0 unspecified atom stereocenters. The molecule has 3 rings (SSSR count). The Hall–Kier alpha value is -0.940. The Morgan fingerprint density at radius 3 is 2.57 bits per heavy atom. The van der Waals surface area contributed by atoms with E-state index in [2.05, 4.69) is 13.8 Å². The van der Waals surface area contributed by atoms with Crippen molar-refractivity contribution in [3.8, 4) is 0 Å². The lowest BCUT2D eigenvalue weighted by Crippen LogP contribution is -2.46. The fourth-order valence-corrected chi connectivity index (χ4v) is 3.91. The Bertz CT molecular complexity index is 446. The van der Waals surface area contributed by atoms with Gasteiger partial charge in [-0.15, -0.1) is 0 Å². The van der Waals surface area contributed by atoms with Crippen molar-refractivity contribution in [1.29, 1.82) is 0 Å². The second-order valence-corrected chi connectivity index (χ2v) is 7.38. The van der Waals surface area contributed by atoms with Crippen LogP contribution in [0.5, 0.6) is 0 Å². The van der Waals surface area contributed by atoms with Gasteiger partial charge in [-0.2, -0.15) is 0 Å². The molecule has 3 fully saturated rings. The highest BCUT2D eigenvalue weighted by Gasteiger charge is 2.59. The average Bonchev–Trinajstić information content (AvgIpc) is 2.87. The summed E-state index contributed by atoms with van der Waals surface area (Å²) in [5.41, 5.74) is 0.0271. The maximum atomic E-state index is 12.1. The standard InChI is InChI=1S/C16H24O5/c1-4-19-14(18)13-11-7-16(6-10(11)5-12(13)17)20-8-15(2,3)9-21-16/h10-11,13H,4-9H2,1-3H3/t10-,11+,13-/m1/s1. The van der Waals surface area contributed by atoms with Crippen molar-refractivity contribution in [2.45, 2.75) is 45.8 Å². The van der Waals surface area contributed by atoms with E-state index >= 15 is 0 Å². The van der Waals surface area contributed by atoms with Gasteiger partial charge in [-0.05, 0) is 18.8 Å². The van der Waals surface area contributed by atoms with Crippen LogP contribution in [0.2, 0.25) is 0 Å². The fraction of sp³-hybridized carbons (Fsp3) is 0.875. The van der Waals surface area contributed by atoms with Crippen molar-refractivity contribution in [3.05, 3.63) is 0 Å². The van der Waals surface area contributed by atoms with Crippen LogP contribution < -0.4 is 0 Å². The van der Waals surface area contributed by atoms with Crippen molar-refractivity contribution in [2.75, 3.05) is 19.8 Å². The quantitative estimate of drug-likeness (QED) is 0.575. The maximum absolute atomic E-state index is 12.1. The van der Waals surface area contributed by atoms with E-state index in [1.807, 2.05) is 0 Å². The van der Waals surface area contributed by atoms with Gasteiger partial charge < -0.3 is 14.2 Å². The van der Waals surface area contributed by atoms with Gasteiger partial charge in [-0.1, -0.05) is 13.8 Å². The summed E-state index contributed by atoms with van der Waals surface area (Å²) >= 11 is 0. The molecule has 1 saturated heterocycles. The molecule has 0 amide bonds. The number of Topliss-reactive ketones (excluding diaryl/α,β-unsaturated/α-hetero) is 1. The minimum Gasteiger partial charge on any atom is -0.465 e. The van der Waals surface area contributed by atoms with Crippen LogP contribution in [0, 0.1) is 23.2 Å². The van der Waals surface area contributed by atoms with E-state index in [9.17, 15) is 9.59 Å². The Morgan fingerprint density at radius 1 is 1.29 bits per heavy atom. The number of hydrogen-bond acceptors (Lipinski definition) is 5. The lowest BCUT2D eigenvalue weighted by molar-refractivity contribution is -0.297. The van der Waals surface area contributed by atoms with Gasteiger partial charge in [0.1, 0.15) is 11.7 Å². The number of ketones is 1. The molecule has 0 aromatic rings. The Balaban J connectivity index is 1.72. The predicted octanol–water partition coefficient (Wildman–Crippen LogP) is 1.93. The zero-order valence-electron chi connectivity index (χ0n) is 13.0. The Morgan fingerprint density at radius 2 is 1.95 bits per heavy atom. The van der Waals surface area contributed by atoms with Crippen molar-refractivity contribution in [3.63, 3.8) is 0 Å². The minimum absolute atomic E-state index is 0.0118. The Kier molecular flexibility index (Phi) is 3.61. The van der Waals surface area contributed by atoms with Crippen LogP contribution in [-0.2, 0) is 23.8 Å². The fourth-order valence-electron chi connectivity index (χ4n) is 3.91. The van der Waals surface area contributed by atoms with Crippen LogP contribution in [-0.4, -0.2) is 37.4 Å². The number of fused-ring (bicyclic) bond motifs is 1. The van der Waals surface area contributed by atoms with Crippen molar-refractivity contribution in [2.24, 2.45) is 23.2 Å². The summed E-state index contributed by atoms with van der Waals surface area (Å²) in [4.78, 5) is 24.1. The first kappa shape index (κ1) is 15.0. The Labute approximate surface area is 125 Å². The molecular weight excluding hydrogens is 272 g/mol. The number of ether oxygens (including phenoxy) is 3. The maximum Gasteiger partial charge on any atom is 0.316 e. The van der Waals surface area contributed by atoms with E-state index in [0.29, 0.717) is 32.7 Å². The van der Waals surface area contributed by atoms with Crippen molar-refractivity contribution in [1.82, 2.24) is 0 Å². The van der Waals surface area contributed by atoms with E-state index in [4.69, 9.17) is 14.2 Å². The summed E-state index contributed by atoms with van der Waals surface area (Å²) in [6, 6.07) is 0. The predicted molar refractivity (Wildman–Crippen MR) is 74.4 cm³/mol. The van der Waals surface area contributed by atoms with Gasteiger partial charge in [0.15, 0.2) is 5.79 Å². The number of carbonyl (C=O) groups excluding carboxylic acids is 2. The molecule has 0 N–H and O–H groups in total. The second kappa shape index (κ2) is 5.06. The van der Waals surface area contributed by atoms with Gasteiger partial charge in [-0.3, -0.25) is 9.59 Å². The largest absolute Gasteiger partial charge is 0.465 e. The molecule has 0 radical (unpaired) electrons. The summed E-state index contributed by atoms with van der Waals surface area (Å²) in [5, 5.41) is 0. The van der Waals surface area contributed by atoms with Crippen LogP contribution in [0.25, 0.3) is 0 Å². The summed E-state index contributed by atoms with van der Waals surface area (Å²) in [7, 11) is 0. The molecule has 1 heterocycles. The van der Waals surface area contributed by atoms with Crippen molar-refractivity contribution < 1.29 is 23.8 Å². The lowest BCUT2D eigenvalue weighted by atomic mass is 9.91. The molecule has 5 heteroatoms. The van der Waals surface area contributed by atoms with E-state index in [-0.39, 0.29) is 29.0 Å². The summed E-state index contributed by atoms with van der Waals surface area (Å²) < 4.78 is 17.1. The third-order valence-corrected chi connectivity index (χ3v) is 4.96. The first-order valence-electron chi connectivity index (χ1n) is 7.83. The minimum atomic E-state index is -0.614. The molecular formula is C16H24O5. The van der Waals surface area contributed by atoms with E-state index in [1.165, 1.54) is 0 Å². The number of carbonyl (C=O) groups is 2. The third kappa shape index (κ3) is 2.61. The van der Waals surface area contributed by atoms with E-state index < -0.39 is 11.7 Å². The van der Waals surface area contributed by atoms with Gasteiger partial charge in [0, 0.05) is 24.7 Å². The third-order valence-electron chi connectivity index (χ3n) is 4.96. The monoisotopic (exact) mass is 296 g/mol. The molecule has 3 atom stereocenters. The molecule has 21 heavy (non-hydrogen) atoms. The smallest absolute Gasteiger partial charge is 0.316 e. The molecule has 0 aromatic heterocycles. The second-order valence-electron chi connectivity index (χ2n) is 7.38. The van der Waals surface area contributed by atoms with Crippen LogP contribution in [0.15, 0.2) is 0 Å². The van der Waals surface area contributed by atoms with Gasteiger partial charge >= 0.3 is 5.97 Å². The molecule has 5 nitrogen and oxygen atoms in total. The average molecular weight is 296 g/mol. The highest BCUT2D eigenvalue weighted by molar-refractivity contribution is 6.01. The summed E-state index contributed by atoms with van der Waals surface area (Å²) in [6.07, 6.45) is 1.80. The highest BCUT2D eigenvalue weighted by Crippen LogP contribution is 2.54. The molecule has 0 bridgehead atoms. The van der Waals surface area contributed by atoms with Crippen molar-refractivity contribution >= 4 is 11.8 Å². The molecule has 118 valence electrons. The van der Waals surface area contributed by atoms with E-state index in [1.54, 1.807) is 6.92 Å². The first-order valence-corrected chi connectivity index (χ1v) is 7.83. The van der Waals surface area contributed by atoms with Crippen LogP contribution >= 0.6 is 0 Å². The normalized spacial score (nSPS) is 36.7. The highest BCUT2D eigenvalue weighted by atomic mass is 16.7. The summed E-state index contributed by atoms with van der Waals surface area (Å²) in [5.74, 6) is -1.35. The molecule has 2 saturated carbocycles. The SMILES string of the molecule is CCOC(=O)[C@H]1C(=O)C[C@@H]2CC3(C[C@@H]21)OCC(C)(C)CO3. The molecule has 1 spiro atoms. The topological polar surface area (TPSA) is 61.8 Å². The molecule has 3 aliphatic rings. The van der Waals surface area contributed by atoms with Gasteiger partial charge in [0.25, 0.3) is 0 Å². The van der Waals surface area contributed by atoms with Crippen LogP contribution in [0.1, 0.15) is 40.0 Å². The first-order chi connectivity index (χ1) is 9.86. The number of rotatable bonds is 2. The number of hydrogen-bond donors (Lipinski definition) is 0. The molecule has 2 aliphatic carbocycles. The molecule has 0 aromatic carbocycles. The zero-order valence-corrected chi connectivity index (χ0v) is 13.0.